The number of fused-ring (bicyclic) bond motifs is 1. The number of piperazine rings is 1. The molecule has 34 heavy (non-hydrogen) atoms. The minimum absolute atomic E-state index is 0.0350. The number of nitrogens with one attached hydrogen (secondary N) is 2. The first-order chi connectivity index (χ1) is 16.1. The van der Waals surface area contributed by atoms with Gasteiger partial charge in [-0.3, -0.25) is 15.0 Å². The molecule has 1 aliphatic heterocycles. The van der Waals surface area contributed by atoms with Gasteiger partial charge in [-0.05, 0) is 45.9 Å². The lowest BCUT2D eigenvalue weighted by Gasteiger charge is -2.33. The van der Waals surface area contributed by atoms with Gasteiger partial charge in [-0.1, -0.05) is 65.0 Å². The van der Waals surface area contributed by atoms with E-state index in [4.69, 9.17) is 0 Å². The molecule has 0 aromatic heterocycles. The van der Waals surface area contributed by atoms with Gasteiger partial charge >= 0.3 is 0 Å². The maximum atomic E-state index is 13.9. The monoisotopic (exact) mass is 463 g/mol. The zero-order valence-electron chi connectivity index (χ0n) is 21.0. The normalized spacial score (nSPS) is 21.2. The van der Waals surface area contributed by atoms with Crippen LogP contribution in [0, 0.1) is 5.92 Å². The molecule has 1 aliphatic carbocycles. The molecule has 2 aliphatic rings. The van der Waals surface area contributed by atoms with Crippen LogP contribution in [0.15, 0.2) is 36.4 Å². The first-order valence-corrected chi connectivity index (χ1v) is 12.3. The molecule has 1 saturated heterocycles. The van der Waals surface area contributed by atoms with Gasteiger partial charge in [0, 0.05) is 43.9 Å². The second-order valence-electron chi connectivity index (χ2n) is 10.7. The molecule has 1 unspecified atom stereocenters. The van der Waals surface area contributed by atoms with Crippen LogP contribution in [-0.2, 0) is 17.3 Å². The Kier molecular flexibility index (Phi) is 6.69. The lowest BCUT2D eigenvalue weighted by molar-refractivity contribution is 0.0760. The lowest BCUT2D eigenvalue weighted by atomic mass is 9.71. The number of carbonyl (C=O) groups excluding carboxylic acids is 2. The molecule has 1 fully saturated rings. The summed E-state index contributed by atoms with van der Waals surface area (Å²) in [4.78, 5) is 27.1. The Morgan fingerprint density at radius 2 is 1.65 bits per heavy atom. The van der Waals surface area contributed by atoms with Gasteiger partial charge in [-0.2, -0.15) is 0 Å². The SMILES string of the molecule is CC1C(C)(C)c2ccc(C(=O)c3ccccc3C(=O)NN3CCNCC3)c(CCO)c2C1(C)C. The van der Waals surface area contributed by atoms with E-state index < -0.39 is 0 Å². The van der Waals surface area contributed by atoms with Gasteiger partial charge in [-0.25, -0.2) is 5.01 Å². The molecule has 1 heterocycles. The van der Waals surface area contributed by atoms with E-state index in [0.29, 0.717) is 29.0 Å². The van der Waals surface area contributed by atoms with Gasteiger partial charge in [0.1, 0.15) is 0 Å². The zero-order chi connectivity index (χ0) is 24.7. The molecular formula is C28H37N3O3. The summed E-state index contributed by atoms with van der Waals surface area (Å²) in [7, 11) is 0. The smallest absolute Gasteiger partial charge is 0.266 e. The number of carbonyl (C=O) groups is 2. The number of aliphatic hydroxyl groups is 1. The molecular weight excluding hydrogens is 426 g/mol. The first-order valence-electron chi connectivity index (χ1n) is 12.3. The van der Waals surface area contributed by atoms with Crippen LogP contribution in [-0.4, -0.2) is 54.6 Å². The van der Waals surface area contributed by atoms with E-state index in [9.17, 15) is 14.7 Å². The lowest BCUT2D eigenvalue weighted by Crippen LogP contribution is -2.52. The average Bonchev–Trinajstić information content (AvgIpc) is 2.96. The van der Waals surface area contributed by atoms with E-state index in [1.165, 1.54) is 11.1 Å². The fourth-order valence-corrected chi connectivity index (χ4v) is 5.86. The van der Waals surface area contributed by atoms with E-state index in [2.05, 4.69) is 51.4 Å². The Morgan fingerprint density at radius 1 is 1.00 bits per heavy atom. The molecule has 1 atom stereocenters. The van der Waals surface area contributed by atoms with Gasteiger partial charge in [0.15, 0.2) is 5.78 Å². The Balaban J connectivity index is 1.77. The van der Waals surface area contributed by atoms with Crippen LogP contribution in [0.2, 0.25) is 0 Å². The summed E-state index contributed by atoms with van der Waals surface area (Å²) in [6, 6.07) is 11.0. The molecule has 182 valence electrons. The molecule has 0 spiro atoms. The largest absolute Gasteiger partial charge is 0.396 e. The molecule has 3 N–H and O–H groups in total. The Labute approximate surface area is 202 Å². The van der Waals surface area contributed by atoms with Gasteiger partial charge in [0.05, 0.1) is 5.56 Å². The fraction of sp³-hybridized carbons (Fsp3) is 0.500. The van der Waals surface area contributed by atoms with Crippen LogP contribution in [0.4, 0.5) is 0 Å². The molecule has 4 rings (SSSR count). The summed E-state index contributed by atoms with van der Waals surface area (Å²) in [6.07, 6.45) is 0.408. The van der Waals surface area contributed by atoms with Crippen molar-refractivity contribution >= 4 is 11.7 Å². The summed E-state index contributed by atoms with van der Waals surface area (Å²) in [6.45, 7) is 14.3. The minimum atomic E-state index is -0.272. The van der Waals surface area contributed by atoms with Crippen LogP contribution >= 0.6 is 0 Å². The van der Waals surface area contributed by atoms with Crippen molar-refractivity contribution in [3.05, 3.63) is 69.8 Å². The van der Waals surface area contributed by atoms with Crippen molar-refractivity contribution in [1.29, 1.82) is 0 Å². The van der Waals surface area contributed by atoms with E-state index in [1.54, 1.807) is 24.3 Å². The number of aliphatic hydroxyl groups excluding tert-OH is 1. The number of hydrogen-bond donors (Lipinski definition) is 3. The van der Waals surface area contributed by atoms with Crippen molar-refractivity contribution in [2.24, 2.45) is 5.92 Å². The Hall–Kier alpha value is -2.54. The van der Waals surface area contributed by atoms with Crippen LogP contribution in [0.25, 0.3) is 0 Å². The van der Waals surface area contributed by atoms with Crippen molar-refractivity contribution in [1.82, 2.24) is 15.8 Å². The predicted molar refractivity (Wildman–Crippen MR) is 134 cm³/mol. The van der Waals surface area contributed by atoms with Crippen LogP contribution in [0.1, 0.15) is 77.6 Å². The maximum Gasteiger partial charge on any atom is 0.266 e. The highest BCUT2D eigenvalue weighted by Crippen LogP contribution is 2.55. The maximum absolute atomic E-state index is 13.9. The van der Waals surface area contributed by atoms with Crippen molar-refractivity contribution in [2.45, 2.75) is 51.9 Å². The number of ketones is 1. The minimum Gasteiger partial charge on any atom is -0.396 e. The summed E-state index contributed by atoms with van der Waals surface area (Å²) < 4.78 is 0. The summed E-state index contributed by atoms with van der Waals surface area (Å²) >= 11 is 0. The van der Waals surface area contributed by atoms with E-state index in [0.717, 1.165) is 31.7 Å². The van der Waals surface area contributed by atoms with Crippen molar-refractivity contribution < 1.29 is 14.7 Å². The van der Waals surface area contributed by atoms with Gasteiger partial charge in [0.2, 0.25) is 0 Å². The first kappa shape index (κ1) is 24.6. The number of benzene rings is 2. The number of nitrogens with zero attached hydrogens (tertiary/aromatic N) is 1. The summed E-state index contributed by atoms with van der Waals surface area (Å²) in [5.74, 6) is -0.0776. The molecule has 0 bridgehead atoms. The predicted octanol–water partition coefficient (Wildman–Crippen LogP) is 3.21. The molecule has 0 saturated carbocycles. The number of rotatable bonds is 6. The summed E-state index contributed by atoms with van der Waals surface area (Å²) in [5.41, 5.74) is 7.44. The van der Waals surface area contributed by atoms with Gasteiger partial charge < -0.3 is 10.4 Å². The second-order valence-corrected chi connectivity index (χ2v) is 10.7. The highest BCUT2D eigenvalue weighted by molar-refractivity contribution is 6.16. The highest BCUT2D eigenvalue weighted by atomic mass is 16.3. The molecule has 6 nitrogen and oxygen atoms in total. The topological polar surface area (TPSA) is 81.7 Å². The Morgan fingerprint density at radius 3 is 2.29 bits per heavy atom. The average molecular weight is 464 g/mol. The van der Waals surface area contributed by atoms with Crippen molar-refractivity contribution in [3.8, 4) is 0 Å². The summed E-state index contributed by atoms with van der Waals surface area (Å²) in [5, 5.41) is 15.1. The van der Waals surface area contributed by atoms with E-state index >= 15 is 0 Å². The van der Waals surface area contributed by atoms with Crippen molar-refractivity contribution in [3.63, 3.8) is 0 Å². The molecule has 0 radical (unpaired) electrons. The van der Waals surface area contributed by atoms with E-state index in [-0.39, 0.29) is 29.1 Å². The molecule has 1 amide bonds. The fourth-order valence-electron chi connectivity index (χ4n) is 5.86. The van der Waals surface area contributed by atoms with Crippen LogP contribution in [0.5, 0.6) is 0 Å². The molecule has 6 heteroatoms. The van der Waals surface area contributed by atoms with Crippen LogP contribution in [0.3, 0.4) is 0 Å². The van der Waals surface area contributed by atoms with E-state index in [1.807, 2.05) is 11.1 Å². The third-order valence-corrected chi connectivity index (χ3v) is 8.22. The van der Waals surface area contributed by atoms with Gasteiger partial charge in [0.25, 0.3) is 5.91 Å². The Bertz CT molecular complexity index is 1100. The number of hydrazine groups is 1. The van der Waals surface area contributed by atoms with Crippen LogP contribution < -0.4 is 10.7 Å². The zero-order valence-corrected chi connectivity index (χ0v) is 21.0. The van der Waals surface area contributed by atoms with Gasteiger partial charge in [-0.15, -0.1) is 0 Å². The third kappa shape index (κ3) is 4.08. The van der Waals surface area contributed by atoms with Crippen molar-refractivity contribution in [2.75, 3.05) is 32.8 Å². The number of amides is 1. The third-order valence-electron chi connectivity index (χ3n) is 8.22. The number of hydrogen-bond acceptors (Lipinski definition) is 5. The molecule has 2 aromatic carbocycles. The highest BCUT2D eigenvalue weighted by Gasteiger charge is 2.50. The quantitative estimate of drug-likeness (QED) is 0.573. The second kappa shape index (κ2) is 9.25. The standard InChI is InChI=1S/C28H37N3O3/c1-18-27(2,3)23-11-10-21(19(12-17-32)24(23)28(18,4)5)25(33)20-8-6-7-9-22(20)26(34)30-31-15-13-29-14-16-31/h6-11,18,29,32H,12-17H2,1-5H3,(H,30,34). The molecule has 2 aromatic rings.